The normalized spacial score (nSPS) is 10.1. The number of benzene rings is 1. The molecule has 0 fully saturated rings. The molecule has 0 aliphatic heterocycles. The van der Waals surface area contributed by atoms with Crippen LogP contribution in [0.5, 0.6) is 11.5 Å². The third-order valence-corrected chi connectivity index (χ3v) is 2.98. The quantitative estimate of drug-likeness (QED) is 0.861. The van der Waals surface area contributed by atoms with Crippen molar-refractivity contribution in [2.24, 2.45) is 0 Å². The van der Waals surface area contributed by atoms with Crippen molar-refractivity contribution in [3.63, 3.8) is 0 Å². The van der Waals surface area contributed by atoms with Crippen LogP contribution in [-0.2, 0) is 0 Å². The standard InChI is InChI=1S/C13H12Cl2N2O2/c1-18-11-7-10(12(19-2)6-9(11)14)17-8-3-4-16-13(15)5-8/h3-7H,1-2H3,(H,16,17). The van der Waals surface area contributed by atoms with E-state index < -0.39 is 0 Å². The molecular weight excluding hydrogens is 287 g/mol. The van der Waals surface area contributed by atoms with Crippen LogP contribution in [0.15, 0.2) is 30.5 Å². The number of pyridine rings is 1. The van der Waals surface area contributed by atoms with Gasteiger partial charge in [0, 0.05) is 24.0 Å². The largest absolute Gasteiger partial charge is 0.495 e. The molecule has 0 bridgehead atoms. The second kappa shape index (κ2) is 5.99. The average Bonchev–Trinajstić information content (AvgIpc) is 2.40. The van der Waals surface area contributed by atoms with Gasteiger partial charge < -0.3 is 14.8 Å². The van der Waals surface area contributed by atoms with Crippen molar-refractivity contribution in [2.75, 3.05) is 19.5 Å². The number of hydrogen-bond acceptors (Lipinski definition) is 4. The molecule has 100 valence electrons. The van der Waals surface area contributed by atoms with E-state index in [9.17, 15) is 0 Å². The molecule has 0 aliphatic rings. The van der Waals surface area contributed by atoms with E-state index in [1.165, 1.54) is 0 Å². The number of nitrogens with one attached hydrogen (secondary N) is 1. The van der Waals surface area contributed by atoms with E-state index in [0.717, 1.165) is 11.4 Å². The van der Waals surface area contributed by atoms with Crippen molar-refractivity contribution < 1.29 is 9.47 Å². The Bertz CT molecular complexity index is 591. The SMILES string of the molecule is COc1cc(Nc2ccnc(Cl)c2)c(OC)cc1Cl. The van der Waals surface area contributed by atoms with Gasteiger partial charge in [0.2, 0.25) is 0 Å². The molecule has 0 atom stereocenters. The first-order chi connectivity index (χ1) is 9.13. The number of ether oxygens (including phenoxy) is 2. The van der Waals surface area contributed by atoms with Crippen molar-refractivity contribution in [1.29, 1.82) is 0 Å². The van der Waals surface area contributed by atoms with Crippen LogP contribution in [0.3, 0.4) is 0 Å². The highest BCUT2D eigenvalue weighted by Gasteiger charge is 2.10. The predicted molar refractivity (Wildman–Crippen MR) is 77.1 cm³/mol. The van der Waals surface area contributed by atoms with Gasteiger partial charge in [-0.25, -0.2) is 4.98 Å². The van der Waals surface area contributed by atoms with Gasteiger partial charge in [-0.2, -0.15) is 0 Å². The second-order valence-electron chi connectivity index (χ2n) is 3.68. The van der Waals surface area contributed by atoms with Crippen LogP contribution in [-0.4, -0.2) is 19.2 Å². The molecule has 0 saturated heterocycles. The Hall–Kier alpha value is -1.65. The summed E-state index contributed by atoms with van der Waals surface area (Å²) in [6.45, 7) is 0. The number of methoxy groups -OCH3 is 2. The number of aromatic nitrogens is 1. The van der Waals surface area contributed by atoms with Crippen LogP contribution in [0.2, 0.25) is 10.2 Å². The average molecular weight is 299 g/mol. The topological polar surface area (TPSA) is 43.4 Å². The van der Waals surface area contributed by atoms with Crippen molar-refractivity contribution in [3.8, 4) is 11.5 Å². The molecule has 0 saturated carbocycles. The minimum Gasteiger partial charge on any atom is -0.495 e. The zero-order chi connectivity index (χ0) is 13.8. The lowest BCUT2D eigenvalue weighted by atomic mass is 10.2. The zero-order valence-electron chi connectivity index (χ0n) is 10.4. The first kappa shape index (κ1) is 13.8. The van der Waals surface area contributed by atoms with E-state index in [2.05, 4.69) is 10.3 Å². The molecule has 2 rings (SSSR count). The lowest BCUT2D eigenvalue weighted by Gasteiger charge is -2.14. The van der Waals surface area contributed by atoms with Crippen molar-refractivity contribution >= 4 is 34.6 Å². The summed E-state index contributed by atoms with van der Waals surface area (Å²) in [5.74, 6) is 1.17. The lowest BCUT2D eigenvalue weighted by Crippen LogP contribution is -1.96. The van der Waals surface area contributed by atoms with E-state index in [1.807, 2.05) is 0 Å². The highest BCUT2D eigenvalue weighted by molar-refractivity contribution is 6.32. The molecule has 0 unspecified atom stereocenters. The number of halogens is 2. The molecule has 1 heterocycles. The number of anilines is 2. The zero-order valence-corrected chi connectivity index (χ0v) is 11.9. The van der Waals surface area contributed by atoms with E-state index >= 15 is 0 Å². The molecule has 0 amide bonds. The molecule has 0 aliphatic carbocycles. The van der Waals surface area contributed by atoms with Gasteiger partial charge in [-0.1, -0.05) is 23.2 Å². The van der Waals surface area contributed by atoms with Gasteiger partial charge in [-0.05, 0) is 12.1 Å². The van der Waals surface area contributed by atoms with Crippen LogP contribution in [0.1, 0.15) is 0 Å². The Kier molecular flexibility index (Phi) is 4.35. The van der Waals surface area contributed by atoms with Gasteiger partial charge >= 0.3 is 0 Å². The van der Waals surface area contributed by atoms with Gasteiger partial charge in [-0.3, -0.25) is 0 Å². The summed E-state index contributed by atoms with van der Waals surface area (Å²) in [5, 5.41) is 4.07. The fourth-order valence-corrected chi connectivity index (χ4v) is 2.00. The third kappa shape index (κ3) is 3.22. The molecule has 0 spiro atoms. The van der Waals surface area contributed by atoms with Gasteiger partial charge in [0.15, 0.2) is 0 Å². The third-order valence-electron chi connectivity index (χ3n) is 2.48. The summed E-state index contributed by atoms with van der Waals surface area (Å²) in [7, 11) is 3.13. The first-order valence-electron chi connectivity index (χ1n) is 5.44. The highest BCUT2D eigenvalue weighted by atomic mass is 35.5. The van der Waals surface area contributed by atoms with Crippen molar-refractivity contribution in [1.82, 2.24) is 4.98 Å². The summed E-state index contributed by atoms with van der Waals surface area (Å²) >= 11 is 11.9. The Labute approximate surface area is 121 Å². The Morgan fingerprint density at radius 2 is 1.79 bits per heavy atom. The second-order valence-corrected chi connectivity index (χ2v) is 4.47. The Morgan fingerprint density at radius 3 is 2.42 bits per heavy atom. The molecule has 6 heteroatoms. The van der Waals surface area contributed by atoms with E-state index in [1.54, 1.807) is 44.7 Å². The smallest absolute Gasteiger partial charge is 0.144 e. The van der Waals surface area contributed by atoms with Gasteiger partial charge in [0.1, 0.15) is 16.7 Å². The molecule has 1 aromatic heterocycles. The fraction of sp³-hybridized carbons (Fsp3) is 0.154. The summed E-state index contributed by atoms with van der Waals surface area (Å²) in [6, 6.07) is 6.95. The van der Waals surface area contributed by atoms with Crippen molar-refractivity contribution in [2.45, 2.75) is 0 Å². The minimum absolute atomic E-state index is 0.407. The molecule has 4 nitrogen and oxygen atoms in total. The molecule has 1 N–H and O–H groups in total. The predicted octanol–water partition coefficient (Wildman–Crippen LogP) is 4.15. The minimum atomic E-state index is 0.407. The summed E-state index contributed by atoms with van der Waals surface area (Å²) in [6.07, 6.45) is 1.62. The van der Waals surface area contributed by atoms with E-state index in [4.69, 9.17) is 32.7 Å². The van der Waals surface area contributed by atoms with Gasteiger partial charge in [0.25, 0.3) is 0 Å². The van der Waals surface area contributed by atoms with Gasteiger partial charge in [0.05, 0.1) is 24.9 Å². The maximum atomic E-state index is 6.04. The first-order valence-corrected chi connectivity index (χ1v) is 6.19. The Morgan fingerprint density at radius 1 is 1.05 bits per heavy atom. The monoisotopic (exact) mass is 298 g/mol. The summed E-state index contributed by atoms with van der Waals surface area (Å²) < 4.78 is 10.5. The van der Waals surface area contributed by atoms with Crippen LogP contribution in [0, 0.1) is 0 Å². The van der Waals surface area contributed by atoms with Crippen LogP contribution < -0.4 is 14.8 Å². The molecule has 0 radical (unpaired) electrons. The van der Waals surface area contributed by atoms with Crippen LogP contribution in [0.4, 0.5) is 11.4 Å². The maximum Gasteiger partial charge on any atom is 0.144 e. The number of hydrogen-bond donors (Lipinski definition) is 1. The fourth-order valence-electron chi connectivity index (χ4n) is 1.59. The molecule has 19 heavy (non-hydrogen) atoms. The highest BCUT2D eigenvalue weighted by Crippen LogP contribution is 2.37. The molecule has 1 aromatic carbocycles. The van der Waals surface area contributed by atoms with E-state index in [0.29, 0.717) is 21.7 Å². The van der Waals surface area contributed by atoms with E-state index in [-0.39, 0.29) is 0 Å². The molecular formula is C13H12Cl2N2O2. The molecule has 2 aromatic rings. The summed E-state index contributed by atoms with van der Waals surface area (Å²) in [5.41, 5.74) is 1.52. The van der Waals surface area contributed by atoms with Crippen LogP contribution >= 0.6 is 23.2 Å². The summed E-state index contributed by atoms with van der Waals surface area (Å²) in [4.78, 5) is 3.92. The number of rotatable bonds is 4. The maximum absolute atomic E-state index is 6.04. The lowest BCUT2D eigenvalue weighted by molar-refractivity contribution is 0.405. The Balaban J connectivity index is 2.38. The van der Waals surface area contributed by atoms with Crippen molar-refractivity contribution in [3.05, 3.63) is 40.6 Å². The van der Waals surface area contributed by atoms with Crippen LogP contribution in [0.25, 0.3) is 0 Å². The van der Waals surface area contributed by atoms with Gasteiger partial charge in [-0.15, -0.1) is 0 Å². The number of nitrogens with zero attached hydrogens (tertiary/aromatic N) is 1.